The monoisotopic (exact) mass is 602 g/mol. The van der Waals surface area contributed by atoms with Crippen molar-refractivity contribution in [3.8, 4) is 44.8 Å². The molecule has 0 saturated carbocycles. The van der Waals surface area contributed by atoms with Crippen LogP contribution < -0.4 is 16.6 Å². The fraction of sp³-hybridized carbons (Fsp3) is 0. The van der Waals surface area contributed by atoms with Crippen molar-refractivity contribution in [3.05, 3.63) is 160 Å². The zero-order valence-corrected chi connectivity index (χ0v) is 25.0. The van der Waals surface area contributed by atoms with Crippen LogP contribution in [0.15, 0.2) is 149 Å². The number of hydrogen-bond acceptors (Lipinski definition) is 2. The van der Waals surface area contributed by atoms with Gasteiger partial charge in [-0.3, -0.25) is 18.4 Å². The number of fused-ring (bicyclic) bond motifs is 8. The summed E-state index contributed by atoms with van der Waals surface area (Å²) in [6.45, 7) is -0.362. The van der Waals surface area contributed by atoms with Gasteiger partial charge in [0.15, 0.2) is 0 Å². The second-order valence-electron chi connectivity index (χ2n) is 12.5. The van der Waals surface area contributed by atoms with Gasteiger partial charge in [0, 0.05) is 22.2 Å². The summed E-state index contributed by atoms with van der Waals surface area (Å²) in [4.78, 5) is 29.0. The average molecular weight is 602 g/mol. The van der Waals surface area contributed by atoms with E-state index < -0.39 is 0 Å². The molecule has 218 valence electrons. The van der Waals surface area contributed by atoms with E-state index in [4.69, 9.17) is 0 Å². The normalized spacial score (nSPS) is 12.8. The minimum Gasteiger partial charge on any atom is -0.346 e. The molecule has 0 bridgehead atoms. The maximum Gasteiger partial charge on any atom is 0.424 e. The molecule has 47 heavy (non-hydrogen) atoms. The van der Waals surface area contributed by atoms with E-state index in [2.05, 4.69) is 63.6 Å². The first kappa shape index (κ1) is 24.9. The Balaban J connectivity index is 1.41. The van der Waals surface area contributed by atoms with Gasteiger partial charge in [-0.15, -0.1) is 0 Å². The van der Waals surface area contributed by atoms with E-state index in [1.165, 1.54) is 0 Å². The maximum atomic E-state index is 14.5. The van der Waals surface area contributed by atoms with E-state index in [0.717, 1.165) is 72.6 Å². The Morgan fingerprint density at radius 3 is 1.32 bits per heavy atom. The molecule has 0 unspecified atom stereocenters. The van der Waals surface area contributed by atoms with Gasteiger partial charge in [0.2, 0.25) is 0 Å². The lowest BCUT2D eigenvalue weighted by molar-refractivity contribution is 1.02. The third-order valence-electron chi connectivity index (χ3n) is 10.2. The SMILES string of the molecule is O=c1c2ccccc2n2c3c(cc(-c4ccccc4)n13)-c1cccc3c1B2n1c2ccccc2c(=O)n2c(-c4ccccc4)cc-3c12. The van der Waals surface area contributed by atoms with Crippen molar-refractivity contribution in [1.82, 2.24) is 17.8 Å². The summed E-state index contributed by atoms with van der Waals surface area (Å²) >= 11 is 0. The van der Waals surface area contributed by atoms with Crippen LogP contribution in [-0.2, 0) is 0 Å². The summed E-state index contributed by atoms with van der Waals surface area (Å²) < 4.78 is 8.46. The van der Waals surface area contributed by atoms with Crippen LogP contribution in [0.25, 0.3) is 77.9 Å². The lowest BCUT2D eigenvalue weighted by Crippen LogP contribution is -2.52. The van der Waals surface area contributed by atoms with Gasteiger partial charge < -0.3 is 8.96 Å². The quantitative estimate of drug-likeness (QED) is 0.202. The standard InChI is InChI=1S/C40H23BN4O2/c46-39-28-16-7-9-20-32(28)44-37-30(22-34(42(37)39)24-12-3-1-4-13-24)26-18-11-19-27-31-23-35(25-14-5-2-6-15-25)43-38(31)45(41(44)36(26)27)33-21-10-8-17-29(33)40(43)47/h1-23H. The summed E-state index contributed by atoms with van der Waals surface area (Å²) in [5.74, 6) is 0. The molecule has 0 radical (unpaired) electrons. The van der Waals surface area contributed by atoms with Gasteiger partial charge in [-0.2, -0.15) is 0 Å². The zero-order chi connectivity index (χ0) is 31.0. The van der Waals surface area contributed by atoms with E-state index in [0.29, 0.717) is 10.8 Å². The maximum absolute atomic E-state index is 14.5. The Bertz CT molecular complexity index is 2750. The van der Waals surface area contributed by atoms with Gasteiger partial charge in [-0.05, 0) is 64.1 Å². The van der Waals surface area contributed by atoms with Crippen molar-refractivity contribution >= 4 is 45.5 Å². The van der Waals surface area contributed by atoms with Crippen LogP contribution in [0.4, 0.5) is 0 Å². The molecule has 0 N–H and O–H groups in total. The largest absolute Gasteiger partial charge is 0.424 e. The highest BCUT2D eigenvalue weighted by atomic mass is 16.1. The molecule has 0 atom stereocenters. The van der Waals surface area contributed by atoms with E-state index >= 15 is 0 Å². The van der Waals surface area contributed by atoms with Crippen LogP contribution in [0.2, 0.25) is 0 Å². The molecule has 7 heteroatoms. The summed E-state index contributed by atoms with van der Waals surface area (Å²) in [6.07, 6.45) is 0. The number of nitrogens with zero attached hydrogens (tertiary/aromatic N) is 4. The molecule has 0 amide bonds. The minimum absolute atomic E-state index is 0.0444. The minimum atomic E-state index is -0.362. The molecule has 11 rings (SSSR count). The van der Waals surface area contributed by atoms with Crippen LogP contribution in [0.3, 0.4) is 0 Å². The van der Waals surface area contributed by atoms with Crippen LogP contribution in [0.1, 0.15) is 0 Å². The van der Waals surface area contributed by atoms with Gasteiger partial charge >= 0.3 is 6.98 Å². The molecule has 0 spiro atoms. The number of rotatable bonds is 2. The predicted molar refractivity (Wildman–Crippen MR) is 190 cm³/mol. The molecule has 2 aliphatic rings. The van der Waals surface area contributed by atoms with Crippen LogP contribution >= 0.6 is 0 Å². The smallest absolute Gasteiger partial charge is 0.346 e. The van der Waals surface area contributed by atoms with Crippen molar-refractivity contribution in [2.45, 2.75) is 0 Å². The Labute approximate surface area is 267 Å². The molecule has 6 nitrogen and oxygen atoms in total. The van der Waals surface area contributed by atoms with E-state index in [1.807, 2.05) is 93.7 Å². The van der Waals surface area contributed by atoms with Gasteiger partial charge in [0.05, 0.1) is 22.2 Å². The lowest BCUT2D eigenvalue weighted by atomic mass is 9.57. The number of para-hydroxylation sites is 2. The molecule has 9 aromatic rings. The zero-order valence-electron chi connectivity index (χ0n) is 25.0. The molecular formula is C40H23BN4O2. The number of hydrogen-bond donors (Lipinski definition) is 0. The summed E-state index contributed by atoms with van der Waals surface area (Å²) in [5, 5.41) is 1.29. The molecular weight excluding hydrogens is 579 g/mol. The van der Waals surface area contributed by atoms with Crippen molar-refractivity contribution in [2.24, 2.45) is 0 Å². The van der Waals surface area contributed by atoms with E-state index in [-0.39, 0.29) is 18.1 Å². The van der Waals surface area contributed by atoms with Crippen molar-refractivity contribution in [3.63, 3.8) is 0 Å². The lowest BCUT2D eigenvalue weighted by Gasteiger charge is -2.35. The first-order valence-electron chi connectivity index (χ1n) is 15.8. The van der Waals surface area contributed by atoms with Gasteiger partial charge in [0.1, 0.15) is 11.3 Å². The first-order valence-corrected chi connectivity index (χ1v) is 15.8. The van der Waals surface area contributed by atoms with Crippen molar-refractivity contribution < 1.29 is 0 Å². The molecule has 0 fully saturated rings. The number of aromatic nitrogens is 4. The third-order valence-corrected chi connectivity index (χ3v) is 10.2. The Kier molecular flexibility index (Phi) is 4.60. The average Bonchev–Trinajstić information content (AvgIpc) is 3.73. The van der Waals surface area contributed by atoms with E-state index in [9.17, 15) is 9.59 Å². The molecule has 2 aliphatic heterocycles. The summed E-state index contributed by atoms with van der Waals surface area (Å²) in [6, 6.07) is 46.9. The van der Waals surface area contributed by atoms with Crippen LogP contribution in [0, 0.1) is 0 Å². The van der Waals surface area contributed by atoms with Crippen LogP contribution in [-0.4, -0.2) is 24.7 Å². The fourth-order valence-corrected chi connectivity index (χ4v) is 8.31. The predicted octanol–water partition coefficient (Wildman–Crippen LogP) is 6.91. The highest BCUT2D eigenvalue weighted by molar-refractivity contribution is 6.77. The van der Waals surface area contributed by atoms with Crippen LogP contribution in [0.5, 0.6) is 0 Å². The molecule has 6 heterocycles. The third kappa shape index (κ3) is 2.97. The van der Waals surface area contributed by atoms with Crippen molar-refractivity contribution in [1.29, 1.82) is 0 Å². The van der Waals surface area contributed by atoms with Crippen molar-refractivity contribution in [2.75, 3.05) is 0 Å². The second kappa shape index (κ2) is 8.68. The topological polar surface area (TPSA) is 52.8 Å². The molecule has 5 aromatic carbocycles. The molecule has 0 saturated heterocycles. The molecule has 0 aliphatic carbocycles. The Hall–Kier alpha value is -6.34. The highest BCUT2D eigenvalue weighted by Crippen LogP contribution is 2.43. The van der Waals surface area contributed by atoms with Gasteiger partial charge in [-0.1, -0.05) is 103 Å². The number of benzene rings is 5. The fourth-order valence-electron chi connectivity index (χ4n) is 8.31. The highest BCUT2D eigenvalue weighted by Gasteiger charge is 2.43. The summed E-state index contributed by atoms with van der Waals surface area (Å²) in [5.41, 5.74) is 12.4. The summed E-state index contributed by atoms with van der Waals surface area (Å²) in [7, 11) is 0. The second-order valence-corrected chi connectivity index (χ2v) is 12.5. The molecule has 4 aromatic heterocycles. The van der Waals surface area contributed by atoms with Gasteiger partial charge in [0.25, 0.3) is 11.1 Å². The van der Waals surface area contributed by atoms with E-state index in [1.54, 1.807) is 0 Å². The van der Waals surface area contributed by atoms with Gasteiger partial charge in [-0.25, -0.2) is 0 Å². The Morgan fingerprint density at radius 2 is 0.851 bits per heavy atom. The Morgan fingerprint density at radius 1 is 0.426 bits per heavy atom. The first-order chi connectivity index (χ1) is 23.2.